The highest BCUT2D eigenvalue weighted by Gasteiger charge is 2.30. The van der Waals surface area contributed by atoms with E-state index in [1.54, 1.807) is 6.92 Å². The second kappa shape index (κ2) is 8.57. The van der Waals surface area contributed by atoms with Crippen molar-refractivity contribution >= 4 is 40.0 Å². The molecule has 0 spiro atoms. The molecule has 0 saturated carbocycles. The fraction of sp³-hybridized carbons (Fsp3) is 0.368. The molecule has 3 rings (SSSR count). The zero-order chi connectivity index (χ0) is 20.3. The summed E-state index contributed by atoms with van der Waals surface area (Å²) in [6.07, 6.45) is 3.62. The van der Waals surface area contributed by atoms with Gasteiger partial charge in [0.1, 0.15) is 5.00 Å². The summed E-state index contributed by atoms with van der Waals surface area (Å²) in [6, 6.07) is 5.17. The van der Waals surface area contributed by atoms with Gasteiger partial charge in [0.25, 0.3) is 5.91 Å². The van der Waals surface area contributed by atoms with Crippen LogP contribution in [0.3, 0.4) is 0 Å². The molecular weight excluding hydrogens is 411 g/mol. The molecule has 0 atom stereocenters. The summed E-state index contributed by atoms with van der Waals surface area (Å²) in [7, 11) is 0. The van der Waals surface area contributed by atoms with Crippen LogP contribution in [0.15, 0.2) is 29.2 Å². The summed E-state index contributed by atoms with van der Waals surface area (Å²) in [4.78, 5) is 26.1. The normalized spacial score (nSPS) is 13.7. The summed E-state index contributed by atoms with van der Waals surface area (Å²) in [5.41, 5.74) is -2.83. The van der Waals surface area contributed by atoms with Gasteiger partial charge in [-0.3, -0.25) is 4.79 Å². The van der Waals surface area contributed by atoms with Gasteiger partial charge < -0.3 is 10.1 Å². The summed E-state index contributed by atoms with van der Waals surface area (Å²) >= 11 is 1.13. The van der Waals surface area contributed by atoms with Gasteiger partial charge in [0, 0.05) is 15.3 Å². The first-order valence-corrected chi connectivity index (χ1v) is 10.4. The zero-order valence-corrected chi connectivity index (χ0v) is 16.7. The van der Waals surface area contributed by atoms with E-state index in [9.17, 15) is 22.8 Å². The van der Waals surface area contributed by atoms with Gasteiger partial charge in [-0.2, -0.15) is 13.2 Å². The van der Waals surface area contributed by atoms with E-state index in [1.807, 2.05) is 0 Å². The lowest BCUT2D eigenvalue weighted by atomic mass is 9.95. The Morgan fingerprint density at radius 1 is 1.18 bits per heavy atom. The average Bonchev–Trinajstić information content (AvgIpc) is 2.99. The summed E-state index contributed by atoms with van der Waals surface area (Å²) in [5, 5.41) is 3.18. The molecule has 4 nitrogen and oxygen atoms in total. The Hall–Kier alpha value is -2.00. The summed E-state index contributed by atoms with van der Waals surface area (Å²) in [6.45, 7) is 1.95. The molecule has 9 heteroatoms. The van der Waals surface area contributed by atoms with E-state index in [4.69, 9.17) is 4.74 Å². The topological polar surface area (TPSA) is 55.4 Å². The lowest BCUT2D eigenvalue weighted by Crippen LogP contribution is -2.15. The number of aryl methyl sites for hydroxylation is 1. The van der Waals surface area contributed by atoms with Crippen LogP contribution >= 0.6 is 23.1 Å². The molecule has 0 fully saturated rings. The minimum Gasteiger partial charge on any atom is -0.462 e. The number of alkyl halides is 3. The van der Waals surface area contributed by atoms with Gasteiger partial charge in [-0.05, 0) is 74.2 Å². The smallest absolute Gasteiger partial charge is 0.446 e. The third-order valence-electron chi connectivity index (χ3n) is 4.23. The van der Waals surface area contributed by atoms with E-state index >= 15 is 0 Å². The maximum Gasteiger partial charge on any atom is 0.446 e. The molecule has 150 valence electrons. The lowest BCUT2D eigenvalue weighted by molar-refractivity contribution is -0.0328. The van der Waals surface area contributed by atoms with Gasteiger partial charge in [-0.25, -0.2) is 4.79 Å². The maximum atomic E-state index is 12.6. The highest BCUT2D eigenvalue weighted by Crippen LogP contribution is 2.39. The Bertz CT molecular complexity index is 876. The first-order chi connectivity index (χ1) is 13.3. The van der Waals surface area contributed by atoms with Crippen molar-refractivity contribution < 1.29 is 27.5 Å². The molecule has 28 heavy (non-hydrogen) atoms. The zero-order valence-electron chi connectivity index (χ0n) is 15.0. The number of esters is 1. The number of halogens is 3. The molecular formula is C19H18F3NO3S2. The fourth-order valence-electron chi connectivity index (χ4n) is 3.06. The van der Waals surface area contributed by atoms with E-state index in [2.05, 4.69) is 5.32 Å². The number of hydrogen-bond acceptors (Lipinski definition) is 5. The van der Waals surface area contributed by atoms with Crippen LogP contribution in [0, 0.1) is 0 Å². The monoisotopic (exact) mass is 429 g/mol. The first kappa shape index (κ1) is 20.7. The van der Waals surface area contributed by atoms with Crippen LogP contribution in [-0.4, -0.2) is 24.0 Å². The summed E-state index contributed by atoms with van der Waals surface area (Å²) < 4.78 is 42.4. The number of thiophene rings is 1. The van der Waals surface area contributed by atoms with Crippen molar-refractivity contribution in [2.24, 2.45) is 0 Å². The van der Waals surface area contributed by atoms with Gasteiger partial charge in [-0.1, -0.05) is 0 Å². The lowest BCUT2D eigenvalue weighted by Gasteiger charge is -2.12. The predicted molar refractivity (Wildman–Crippen MR) is 103 cm³/mol. The Kier molecular flexibility index (Phi) is 6.34. The van der Waals surface area contributed by atoms with Crippen molar-refractivity contribution in [2.75, 3.05) is 11.9 Å². The third-order valence-corrected chi connectivity index (χ3v) is 6.17. The molecule has 2 aromatic rings. The van der Waals surface area contributed by atoms with Crippen LogP contribution < -0.4 is 5.32 Å². The van der Waals surface area contributed by atoms with Crippen molar-refractivity contribution in [3.63, 3.8) is 0 Å². The Labute approximate surface area is 168 Å². The van der Waals surface area contributed by atoms with Crippen molar-refractivity contribution in [3.05, 3.63) is 45.8 Å². The largest absolute Gasteiger partial charge is 0.462 e. The fourth-order valence-corrected chi connectivity index (χ4v) is 4.87. The molecule has 1 aromatic carbocycles. The molecule has 0 radical (unpaired) electrons. The highest BCUT2D eigenvalue weighted by atomic mass is 32.2. The Balaban J connectivity index is 1.82. The van der Waals surface area contributed by atoms with E-state index in [-0.39, 0.29) is 28.8 Å². The van der Waals surface area contributed by atoms with Crippen molar-refractivity contribution in [1.82, 2.24) is 0 Å². The molecule has 1 aliphatic rings. The minimum atomic E-state index is -4.38. The van der Waals surface area contributed by atoms with E-state index < -0.39 is 17.4 Å². The van der Waals surface area contributed by atoms with Crippen LogP contribution in [0.2, 0.25) is 0 Å². The second-order valence-electron chi connectivity index (χ2n) is 6.16. The Morgan fingerprint density at radius 2 is 1.86 bits per heavy atom. The second-order valence-corrected chi connectivity index (χ2v) is 8.41. The highest BCUT2D eigenvalue weighted by molar-refractivity contribution is 8.00. The van der Waals surface area contributed by atoms with E-state index in [1.165, 1.54) is 35.6 Å². The predicted octanol–water partition coefficient (Wildman–Crippen LogP) is 5.67. The molecule has 0 saturated heterocycles. The van der Waals surface area contributed by atoms with Crippen LogP contribution in [-0.2, 0) is 17.6 Å². The molecule has 0 bridgehead atoms. The molecule has 1 heterocycles. The van der Waals surface area contributed by atoms with Gasteiger partial charge in [0.2, 0.25) is 0 Å². The first-order valence-electron chi connectivity index (χ1n) is 8.77. The maximum absolute atomic E-state index is 12.6. The molecule has 1 aromatic heterocycles. The molecule has 1 N–H and O–H groups in total. The van der Waals surface area contributed by atoms with Gasteiger partial charge >= 0.3 is 11.5 Å². The number of amides is 1. The minimum absolute atomic E-state index is 0.00264. The van der Waals surface area contributed by atoms with E-state index in [0.29, 0.717) is 10.6 Å². The number of thioether (sulfide) groups is 1. The van der Waals surface area contributed by atoms with Crippen molar-refractivity contribution in [3.8, 4) is 0 Å². The van der Waals surface area contributed by atoms with Crippen LogP contribution in [0.4, 0.5) is 18.2 Å². The molecule has 0 unspecified atom stereocenters. The SMILES string of the molecule is CCOC(=O)c1c(NC(=O)c2ccc(SC(F)(F)F)cc2)sc2c1CCCC2. The van der Waals surface area contributed by atoms with Crippen LogP contribution in [0.5, 0.6) is 0 Å². The van der Waals surface area contributed by atoms with Crippen molar-refractivity contribution in [1.29, 1.82) is 0 Å². The number of nitrogens with one attached hydrogen (secondary N) is 1. The van der Waals surface area contributed by atoms with E-state index in [0.717, 1.165) is 36.1 Å². The number of anilines is 1. The van der Waals surface area contributed by atoms with Gasteiger partial charge in [0.05, 0.1) is 12.2 Å². The van der Waals surface area contributed by atoms with Crippen LogP contribution in [0.1, 0.15) is 50.9 Å². The number of carbonyl (C=O) groups excluding carboxylic acids is 2. The number of fused-ring (bicyclic) bond motifs is 1. The Morgan fingerprint density at radius 3 is 2.50 bits per heavy atom. The van der Waals surface area contributed by atoms with Crippen molar-refractivity contribution in [2.45, 2.75) is 43.0 Å². The third kappa shape index (κ3) is 4.88. The summed E-state index contributed by atoms with van der Waals surface area (Å²) in [5.74, 6) is -0.943. The van der Waals surface area contributed by atoms with Crippen LogP contribution in [0.25, 0.3) is 0 Å². The quantitative estimate of drug-likeness (QED) is 0.492. The number of hydrogen-bond donors (Lipinski definition) is 1. The number of benzene rings is 1. The number of ether oxygens (including phenoxy) is 1. The average molecular weight is 429 g/mol. The standard InChI is InChI=1S/C19H18F3NO3S2/c1-2-26-18(25)15-13-5-3-4-6-14(13)27-17(15)23-16(24)11-7-9-12(10-8-11)28-19(20,21)22/h7-10H,2-6H2,1H3,(H,23,24). The molecule has 1 aliphatic carbocycles. The molecule has 0 aliphatic heterocycles. The van der Waals surface area contributed by atoms with Gasteiger partial charge in [0.15, 0.2) is 0 Å². The van der Waals surface area contributed by atoms with Gasteiger partial charge in [-0.15, -0.1) is 11.3 Å². The number of carbonyl (C=O) groups is 2. The molecule has 1 amide bonds. The number of rotatable bonds is 5.